The Kier molecular flexibility index (Phi) is 5.49. The molecule has 8 nitrogen and oxygen atoms in total. The SMILES string of the molecule is COCCOc1ccc(S(=O)(=O)Nc2ccccc2-n2ccnn2)cc1. The van der Waals surface area contributed by atoms with Crippen LogP contribution in [-0.2, 0) is 14.8 Å². The minimum Gasteiger partial charge on any atom is -0.491 e. The molecular formula is C17H18N4O4S. The molecule has 0 radical (unpaired) electrons. The number of anilines is 1. The standard InChI is InChI=1S/C17H18N4O4S/c1-24-12-13-25-14-6-8-15(9-7-14)26(22,23)19-16-4-2-3-5-17(16)21-11-10-18-20-21/h2-11,19H,12-13H2,1H3. The number of methoxy groups -OCH3 is 1. The van der Waals surface area contributed by atoms with Gasteiger partial charge in [0, 0.05) is 7.11 Å². The zero-order chi connectivity index (χ0) is 18.4. The van der Waals surface area contributed by atoms with Crippen LogP contribution in [0.5, 0.6) is 5.75 Å². The van der Waals surface area contributed by atoms with Gasteiger partial charge in [-0.25, -0.2) is 13.1 Å². The van der Waals surface area contributed by atoms with Crippen molar-refractivity contribution in [2.24, 2.45) is 0 Å². The van der Waals surface area contributed by atoms with Crippen LogP contribution in [0.1, 0.15) is 0 Å². The monoisotopic (exact) mass is 374 g/mol. The molecule has 1 aromatic heterocycles. The first-order valence-electron chi connectivity index (χ1n) is 7.80. The molecule has 0 aliphatic heterocycles. The third kappa shape index (κ3) is 4.19. The molecule has 26 heavy (non-hydrogen) atoms. The molecule has 1 heterocycles. The highest BCUT2D eigenvalue weighted by Gasteiger charge is 2.17. The summed E-state index contributed by atoms with van der Waals surface area (Å²) in [5.41, 5.74) is 0.978. The second-order valence-electron chi connectivity index (χ2n) is 5.28. The first kappa shape index (κ1) is 17.9. The van der Waals surface area contributed by atoms with Gasteiger partial charge in [-0.2, -0.15) is 0 Å². The van der Waals surface area contributed by atoms with Gasteiger partial charge in [0.25, 0.3) is 10.0 Å². The van der Waals surface area contributed by atoms with Gasteiger partial charge in [0.05, 0.1) is 35.3 Å². The van der Waals surface area contributed by atoms with Gasteiger partial charge in [-0.05, 0) is 36.4 Å². The number of sulfonamides is 1. The van der Waals surface area contributed by atoms with Gasteiger partial charge in [-0.1, -0.05) is 17.3 Å². The van der Waals surface area contributed by atoms with Gasteiger partial charge in [0.2, 0.25) is 0 Å². The van der Waals surface area contributed by atoms with Crippen LogP contribution in [-0.4, -0.2) is 43.7 Å². The lowest BCUT2D eigenvalue weighted by Gasteiger charge is -2.12. The van der Waals surface area contributed by atoms with Crippen molar-refractivity contribution in [3.63, 3.8) is 0 Å². The molecule has 0 amide bonds. The summed E-state index contributed by atoms with van der Waals surface area (Å²) >= 11 is 0. The number of hydrogen-bond acceptors (Lipinski definition) is 6. The number of ether oxygens (including phenoxy) is 2. The summed E-state index contributed by atoms with van der Waals surface area (Å²) in [5.74, 6) is 0.573. The van der Waals surface area contributed by atoms with E-state index < -0.39 is 10.0 Å². The Morgan fingerprint density at radius 2 is 1.85 bits per heavy atom. The van der Waals surface area contributed by atoms with Gasteiger partial charge in [0.1, 0.15) is 12.4 Å². The molecule has 0 atom stereocenters. The topological polar surface area (TPSA) is 95.3 Å². The van der Waals surface area contributed by atoms with Gasteiger partial charge < -0.3 is 9.47 Å². The van der Waals surface area contributed by atoms with E-state index in [0.717, 1.165) is 0 Å². The van der Waals surface area contributed by atoms with Crippen LogP contribution in [0.3, 0.4) is 0 Å². The number of nitrogens with zero attached hydrogens (tertiary/aromatic N) is 3. The van der Waals surface area contributed by atoms with Gasteiger partial charge in [0.15, 0.2) is 0 Å². The van der Waals surface area contributed by atoms with Crippen LogP contribution in [0.4, 0.5) is 5.69 Å². The number of nitrogens with one attached hydrogen (secondary N) is 1. The third-order valence-corrected chi connectivity index (χ3v) is 4.89. The molecule has 2 aromatic carbocycles. The minimum absolute atomic E-state index is 0.130. The predicted molar refractivity (Wildman–Crippen MR) is 96.0 cm³/mol. The first-order chi connectivity index (χ1) is 12.6. The highest BCUT2D eigenvalue weighted by molar-refractivity contribution is 7.92. The summed E-state index contributed by atoms with van der Waals surface area (Å²) in [6.07, 6.45) is 3.16. The second-order valence-corrected chi connectivity index (χ2v) is 6.97. The lowest BCUT2D eigenvalue weighted by atomic mass is 10.3. The Balaban J connectivity index is 1.80. The third-order valence-electron chi connectivity index (χ3n) is 3.51. The van der Waals surface area contributed by atoms with Crippen molar-refractivity contribution in [2.75, 3.05) is 25.0 Å². The Hall–Kier alpha value is -2.91. The summed E-state index contributed by atoms with van der Waals surface area (Å²) in [4.78, 5) is 0.130. The highest BCUT2D eigenvalue weighted by Crippen LogP contribution is 2.23. The molecule has 0 aliphatic rings. The maximum absolute atomic E-state index is 12.7. The fourth-order valence-electron chi connectivity index (χ4n) is 2.26. The Labute approximate surface area is 151 Å². The Bertz CT molecular complexity index is 941. The molecule has 0 saturated heterocycles. The summed E-state index contributed by atoms with van der Waals surface area (Å²) in [7, 11) is -2.18. The molecule has 0 aliphatic carbocycles. The molecule has 9 heteroatoms. The summed E-state index contributed by atoms with van der Waals surface area (Å²) in [6, 6.07) is 13.1. The molecule has 1 N–H and O–H groups in total. The van der Waals surface area contributed by atoms with E-state index in [4.69, 9.17) is 9.47 Å². The Morgan fingerprint density at radius 1 is 1.08 bits per heavy atom. The van der Waals surface area contributed by atoms with Crippen LogP contribution in [0.2, 0.25) is 0 Å². The quantitative estimate of drug-likeness (QED) is 0.607. The first-order valence-corrected chi connectivity index (χ1v) is 9.29. The molecule has 3 aromatic rings. The molecule has 0 spiro atoms. The maximum Gasteiger partial charge on any atom is 0.261 e. The average molecular weight is 374 g/mol. The fourth-order valence-corrected chi connectivity index (χ4v) is 3.33. The van der Waals surface area contributed by atoms with E-state index in [1.54, 1.807) is 49.7 Å². The van der Waals surface area contributed by atoms with Gasteiger partial charge >= 0.3 is 0 Å². The van der Waals surface area contributed by atoms with Crippen LogP contribution in [0.25, 0.3) is 5.69 Å². The summed E-state index contributed by atoms with van der Waals surface area (Å²) in [6.45, 7) is 0.854. The van der Waals surface area contributed by atoms with Crippen molar-refractivity contribution in [3.8, 4) is 11.4 Å². The van der Waals surface area contributed by atoms with E-state index in [9.17, 15) is 8.42 Å². The van der Waals surface area contributed by atoms with Crippen LogP contribution >= 0.6 is 0 Å². The van der Waals surface area contributed by atoms with Crippen molar-refractivity contribution >= 4 is 15.7 Å². The number of aromatic nitrogens is 3. The van der Waals surface area contributed by atoms with Gasteiger partial charge in [-0.3, -0.25) is 4.72 Å². The van der Waals surface area contributed by atoms with E-state index >= 15 is 0 Å². The largest absolute Gasteiger partial charge is 0.491 e. The number of para-hydroxylation sites is 2. The number of hydrogen-bond donors (Lipinski definition) is 1. The molecule has 0 bridgehead atoms. The van der Waals surface area contributed by atoms with Crippen LogP contribution in [0.15, 0.2) is 65.8 Å². The van der Waals surface area contributed by atoms with E-state index in [1.807, 2.05) is 0 Å². The average Bonchev–Trinajstić information content (AvgIpc) is 3.17. The lowest BCUT2D eigenvalue weighted by molar-refractivity contribution is 0.146. The van der Waals surface area contributed by atoms with Crippen LogP contribution < -0.4 is 9.46 Å². The second kappa shape index (κ2) is 7.98. The molecule has 136 valence electrons. The van der Waals surface area contributed by atoms with E-state index in [1.165, 1.54) is 23.0 Å². The number of benzene rings is 2. The summed E-state index contributed by atoms with van der Waals surface area (Å²) in [5, 5.41) is 7.65. The smallest absolute Gasteiger partial charge is 0.261 e. The molecule has 0 unspecified atom stereocenters. The normalized spacial score (nSPS) is 11.3. The van der Waals surface area contributed by atoms with Crippen molar-refractivity contribution in [2.45, 2.75) is 4.90 Å². The predicted octanol–water partition coefficient (Wildman–Crippen LogP) is 2.09. The molecule has 0 saturated carbocycles. The lowest BCUT2D eigenvalue weighted by Crippen LogP contribution is -2.15. The van der Waals surface area contributed by atoms with Crippen molar-refractivity contribution in [1.29, 1.82) is 0 Å². The Morgan fingerprint density at radius 3 is 2.54 bits per heavy atom. The maximum atomic E-state index is 12.7. The number of rotatable bonds is 8. The summed E-state index contributed by atoms with van der Waals surface area (Å²) < 4.78 is 39.8. The zero-order valence-corrected chi connectivity index (χ0v) is 14.9. The molecule has 0 fully saturated rings. The van der Waals surface area contributed by atoms with E-state index in [-0.39, 0.29) is 4.90 Å². The van der Waals surface area contributed by atoms with Crippen LogP contribution in [0, 0.1) is 0 Å². The van der Waals surface area contributed by atoms with E-state index in [0.29, 0.717) is 30.3 Å². The van der Waals surface area contributed by atoms with Crippen molar-refractivity contribution in [3.05, 3.63) is 60.9 Å². The minimum atomic E-state index is -3.76. The van der Waals surface area contributed by atoms with Gasteiger partial charge in [-0.15, -0.1) is 5.10 Å². The van der Waals surface area contributed by atoms with Crippen molar-refractivity contribution in [1.82, 2.24) is 15.0 Å². The fraction of sp³-hybridized carbons (Fsp3) is 0.176. The van der Waals surface area contributed by atoms with Crippen molar-refractivity contribution < 1.29 is 17.9 Å². The molecular weight excluding hydrogens is 356 g/mol. The highest BCUT2D eigenvalue weighted by atomic mass is 32.2. The molecule has 3 rings (SSSR count). The van der Waals surface area contributed by atoms with E-state index in [2.05, 4.69) is 15.0 Å². The zero-order valence-electron chi connectivity index (χ0n) is 14.1.